The fourth-order valence-electron chi connectivity index (χ4n) is 2.91. The van der Waals surface area contributed by atoms with Crippen LogP contribution >= 0.6 is 0 Å². The summed E-state index contributed by atoms with van der Waals surface area (Å²) < 4.78 is 42.0. The van der Waals surface area contributed by atoms with Crippen LogP contribution in [0, 0.1) is 13.8 Å². The first-order valence-electron chi connectivity index (χ1n) is 7.23. The van der Waals surface area contributed by atoms with E-state index in [1.54, 1.807) is 12.1 Å². The number of phenols is 1. The lowest BCUT2D eigenvalue weighted by Gasteiger charge is -2.40. The largest absolute Gasteiger partial charge is 0.507 e. The zero-order valence-electron chi connectivity index (χ0n) is 13.0. The molecule has 0 aromatic heterocycles. The Kier molecular flexibility index (Phi) is 3.47. The standard InChI is InChI=1S/C17H15F3N2O2/c1-9-7-11(8-10(2)14(9)23)16(17(18,19)20)15(24)21-12-5-3-4-6-13(12)22-16/h3-8,22-23H,1-2H3,(H,21,24). The number of phenolic OH excluding ortho intramolecular Hbond substituents is 1. The number of hydrogen-bond acceptors (Lipinski definition) is 3. The van der Waals surface area contributed by atoms with Crippen molar-refractivity contribution in [2.75, 3.05) is 10.6 Å². The number of hydrogen-bond donors (Lipinski definition) is 3. The van der Waals surface area contributed by atoms with Crippen molar-refractivity contribution in [3.8, 4) is 5.75 Å². The van der Waals surface area contributed by atoms with Crippen molar-refractivity contribution >= 4 is 17.3 Å². The Labute approximate surface area is 136 Å². The molecule has 7 heteroatoms. The van der Waals surface area contributed by atoms with Crippen LogP contribution in [0.4, 0.5) is 24.5 Å². The maximum atomic E-state index is 14.0. The minimum atomic E-state index is -4.89. The molecule has 24 heavy (non-hydrogen) atoms. The molecule has 0 aliphatic carbocycles. The quantitative estimate of drug-likeness (QED) is 0.742. The van der Waals surface area contributed by atoms with Gasteiger partial charge in [-0.3, -0.25) is 4.79 Å². The van der Waals surface area contributed by atoms with E-state index >= 15 is 0 Å². The number of carbonyl (C=O) groups is 1. The summed E-state index contributed by atoms with van der Waals surface area (Å²) in [7, 11) is 0. The molecule has 1 aliphatic rings. The SMILES string of the molecule is Cc1cc(C2(C(F)(F)F)Nc3ccccc3NC2=O)cc(C)c1O. The molecule has 0 bridgehead atoms. The van der Waals surface area contributed by atoms with Crippen molar-refractivity contribution < 1.29 is 23.1 Å². The zero-order valence-corrected chi connectivity index (χ0v) is 13.0. The van der Waals surface area contributed by atoms with Gasteiger partial charge < -0.3 is 15.7 Å². The van der Waals surface area contributed by atoms with E-state index in [-0.39, 0.29) is 33.8 Å². The highest BCUT2D eigenvalue weighted by atomic mass is 19.4. The maximum absolute atomic E-state index is 14.0. The van der Waals surface area contributed by atoms with Gasteiger partial charge in [0.15, 0.2) is 0 Å². The van der Waals surface area contributed by atoms with Crippen LogP contribution in [0.25, 0.3) is 0 Å². The second kappa shape index (κ2) is 5.15. The number of amides is 1. The fourth-order valence-corrected chi connectivity index (χ4v) is 2.91. The molecule has 0 fully saturated rings. The first-order chi connectivity index (χ1) is 11.2. The molecule has 0 spiro atoms. The number of nitrogens with one attached hydrogen (secondary N) is 2. The van der Waals surface area contributed by atoms with Crippen LogP contribution in [-0.2, 0) is 10.3 Å². The summed E-state index contributed by atoms with van der Waals surface area (Å²) in [5, 5.41) is 14.5. The Morgan fingerprint density at radius 1 is 1.04 bits per heavy atom. The van der Waals surface area contributed by atoms with Crippen LogP contribution in [0.5, 0.6) is 5.75 Å². The predicted molar refractivity (Wildman–Crippen MR) is 84.0 cm³/mol. The number of para-hydroxylation sites is 2. The van der Waals surface area contributed by atoms with E-state index in [4.69, 9.17) is 0 Å². The highest BCUT2D eigenvalue weighted by molar-refractivity contribution is 6.07. The van der Waals surface area contributed by atoms with Crippen LogP contribution < -0.4 is 10.6 Å². The van der Waals surface area contributed by atoms with Gasteiger partial charge in [-0.25, -0.2) is 0 Å². The number of aryl methyl sites for hydroxylation is 2. The number of aromatic hydroxyl groups is 1. The molecule has 0 saturated carbocycles. The summed E-state index contributed by atoms with van der Waals surface area (Å²) in [6.45, 7) is 2.98. The van der Waals surface area contributed by atoms with E-state index < -0.39 is 17.6 Å². The van der Waals surface area contributed by atoms with Gasteiger partial charge in [-0.1, -0.05) is 12.1 Å². The lowest BCUT2D eigenvalue weighted by atomic mass is 9.84. The Morgan fingerprint density at radius 2 is 1.58 bits per heavy atom. The van der Waals surface area contributed by atoms with Crippen molar-refractivity contribution in [1.82, 2.24) is 0 Å². The second-order valence-corrected chi connectivity index (χ2v) is 5.83. The number of anilines is 2. The van der Waals surface area contributed by atoms with E-state index in [0.29, 0.717) is 0 Å². The zero-order chi connectivity index (χ0) is 17.7. The maximum Gasteiger partial charge on any atom is 0.424 e. The van der Waals surface area contributed by atoms with Gasteiger partial charge in [0.25, 0.3) is 5.91 Å². The molecule has 2 aromatic carbocycles. The number of benzene rings is 2. The number of rotatable bonds is 1. The molecule has 0 saturated heterocycles. The first-order valence-corrected chi connectivity index (χ1v) is 7.23. The van der Waals surface area contributed by atoms with Crippen LogP contribution in [-0.4, -0.2) is 17.2 Å². The van der Waals surface area contributed by atoms with Gasteiger partial charge in [-0.05, 0) is 54.8 Å². The van der Waals surface area contributed by atoms with Crippen LogP contribution in [0.15, 0.2) is 36.4 Å². The average molecular weight is 336 g/mol. The monoisotopic (exact) mass is 336 g/mol. The lowest BCUT2D eigenvalue weighted by molar-refractivity contribution is -0.186. The molecule has 1 unspecified atom stereocenters. The van der Waals surface area contributed by atoms with Gasteiger partial charge in [0.2, 0.25) is 5.54 Å². The van der Waals surface area contributed by atoms with Gasteiger partial charge in [-0.15, -0.1) is 0 Å². The third-order valence-electron chi connectivity index (χ3n) is 4.19. The number of fused-ring (bicyclic) bond motifs is 1. The molecule has 3 N–H and O–H groups in total. The highest BCUT2D eigenvalue weighted by Crippen LogP contribution is 2.47. The average Bonchev–Trinajstić information content (AvgIpc) is 2.50. The smallest absolute Gasteiger partial charge is 0.424 e. The lowest BCUT2D eigenvalue weighted by Crippen LogP contribution is -2.59. The first kappa shape index (κ1) is 16.2. The van der Waals surface area contributed by atoms with E-state index in [2.05, 4.69) is 10.6 Å². The number of carbonyl (C=O) groups excluding carboxylic acids is 1. The second-order valence-electron chi connectivity index (χ2n) is 5.83. The van der Waals surface area contributed by atoms with Crippen molar-refractivity contribution in [2.24, 2.45) is 0 Å². The predicted octanol–water partition coefficient (Wildman–Crippen LogP) is 3.83. The molecule has 3 rings (SSSR count). The summed E-state index contributed by atoms with van der Waals surface area (Å²) in [6, 6.07) is 8.55. The molecule has 1 atom stereocenters. The Morgan fingerprint density at radius 3 is 2.12 bits per heavy atom. The molecular weight excluding hydrogens is 321 g/mol. The summed E-state index contributed by atoms with van der Waals surface area (Å²) in [5.74, 6) is -1.30. The summed E-state index contributed by atoms with van der Waals surface area (Å²) in [6.07, 6.45) is -4.89. The van der Waals surface area contributed by atoms with Crippen molar-refractivity contribution in [3.05, 3.63) is 53.1 Å². The van der Waals surface area contributed by atoms with Gasteiger partial charge >= 0.3 is 6.18 Å². The fraction of sp³-hybridized carbons (Fsp3) is 0.235. The van der Waals surface area contributed by atoms with Gasteiger partial charge in [-0.2, -0.15) is 13.2 Å². The van der Waals surface area contributed by atoms with E-state index in [1.165, 1.54) is 38.1 Å². The van der Waals surface area contributed by atoms with Crippen LogP contribution in [0.2, 0.25) is 0 Å². The Balaban J connectivity index is 2.27. The third-order valence-corrected chi connectivity index (χ3v) is 4.19. The Hall–Kier alpha value is -2.70. The van der Waals surface area contributed by atoms with Crippen molar-refractivity contribution in [3.63, 3.8) is 0 Å². The highest BCUT2D eigenvalue weighted by Gasteiger charge is 2.63. The molecular formula is C17H15F3N2O2. The van der Waals surface area contributed by atoms with Crippen molar-refractivity contribution in [1.29, 1.82) is 0 Å². The number of alkyl halides is 3. The van der Waals surface area contributed by atoms with Gasteiger partial charge in [0.05, 0.1) is 11.4 Å². The third kappa shape index (κ3) is 2.19. The van der Waals surface area contributed by atoms with Crippen LogP contribution in [0.3, 0.4) is 0 Å². The van der Waals surface area contributed by atoms with E-state index in [0.717, 1.165) is 0 Å². The van der Waals surface area contributed by atoms with Crippen molar-refractivity contribution in [2.45, 2.75) is 25.6 Å². The molecule has 1 amide bonds. The van der Waals surface area contributed by atoms with Gasteiger partial charge in [0, 0.05) is 0 Å². The summed E-state index contributed by atoms with van der Waals surface area (Å²) >= 11 is 0. The van der Waals surface area contributed by atoms with E-state index in [1.807, 2.05) is 0 Å². The minimum absolute atomic E-state index is 0.0901. The normalized spacial score (nSPS) is 20.1. The molecule has 2 aromatic rings. The minimum Gasteiger partial charge on any atom is -0.507 e. The number of halogens is 3. The summed E-state index contributed by atoms with van der Waals surface area (Å²) in [5.41, 5.74) is -2.20. The molecule has 126 valence electrons. The molecule has 1 heterocycles. The van der Waals surface area contributed by atoms with Gasteiger partial charge in [0.1, 0.15) is 5.75 Å². The van der Waals surface area contributed by atoms with Crippen LogP contribution in [0.1, 0.15) is 16.7 Å². The van der Waals surface area contributed by atoms with E-state index in [9.17, 15) is 23.1 Å². The summed E-state index contributed by atoms with van der Waals surface area (Å²) in [4.78, 5) is 12.5. The Bertz CT molecular complexity index is 810. The topological polar surface area (TPSA) is 61.4 Å². The molecule has 0 radical (unpaired) electrons. The molecule has 4 nitrogen and oxygen atoms in total. The molecule has 1 aliphatic heterocycles.